The van der Waals surface area contributed by atoms with Crippen molar-refractivity contribution in [3.8, 4) is 0 Å². The van der Waals surface area contributed by atoms with Crippen LogP contribution >= 0.6 is 11.8 Å². The van der Waals surface area contributed by atoms with Gasteiger partial charge in [0.1, 0.15) is 5.70 Å². The lowest BCUT2D eigenvalue weighted by atomic mass is 10.1. The highest BCUT2D eigenvalue weighted by molar-refractivity contribution is 8.04. The van der Waals surface area contributed by atoms with E-state index in [0.29, 0.717) is 19.4 Å². The highest BCUT2D eigenvalue weighted by atomic mass is 32.2. The van der Waals surface area contributed by atoms with E-state index in [1.54, 1.807) is 0 Å². The summed E-state index contributed by atoms with van der Waals surface area (Å²) < 4.78 is 0. The van der Waals surface area contributed by atoms with Crippen LogP contribution in [0.3, 0.4) is 0 Å². The average molecular weight is 269 g/mol. The fraction of sp³-hybridized carbons (Fsp3) is 0.545. The molecule has 2 heterocycles. The number of thioether (sulfide) groups is 1. The number of β-lactam (4-membered cyclic amide) rings is 1. The fourth-order valence-electron chi connectivity index (χ4n) is 2.07. The van der Waals surface area contributed by atoms with E-state index in [4.69, 9.17) is 10.8 Å². The van der Waals surface area contributed by atoms with Crippen LogP contribution in [-0.4, -0.2) is 40.1 Å². The van der Waals surface area contributed by atoms with E-state index in [1.807, 2.05) is 0 Å². The van der Waals surface area contributed by atoms with Crippen molar-refractivity contribution < 1.29 is 14.7 Å². The minimum absolute atomic E-state index is 0.0145. The third-order valence-corrected chi connectivity index (χ3v) is 4.27. The van der Waals surface area contributed by atoms with Crippen LogP contribution in [0.15, 0.2) is 15.6 Å². The molecule has 0 aromatic carbocycles. The number of aliphatic imine (C=N–C) groups is 1. The van der Waals surface area contributed by atoms with Crippen molar-refractivity contribution in [2.24, 2.45) is 10.7 Å². The second-order valence-corrected chi connectivity index (χ2v) is 5.40. The Morgan fingerprint density at radius 1 is 1.61 bits per heavy atom. The van der Waals surface area contributed by atoms with Gasteiger partial charge in [0.05, 0.1) is 18.1 Å². The van der Waals surface area contributed by atoms with Crippen LogP contribution in [0.4, 0.5) is 0 Å². The summed E-state index contributed by atoms with van der Waals surface area (Å²) in [5.74, 6) is -1.10. The van der Waals surface area contributed by atoms with Crippen molar-refractivity contribution in [1.82, 2.24) is 4.90 Å². The number of carboxylic acid groups (broad SMARTS) is 1. The van der Waals surface area contributed by atoms with Gasteiger partial charge in [0.15, 0.2) is 0 Å². The first-order valence-electron chi connectivity index (χ1n) is 5.80. The number of hydrogen-bond donors (Lipinski definition) is 2. The van der Waals surface area contributed by atoms with Gasteiger partial charge < -0.3 is 10.8 Å². The van der Waals surface area contributed by atoms with Gasteiger partial charge >= 0.3 is 5.97 Å². The van der Waals surface area contributed by atoms with Crippen LogP contribution in [0, 0.1) is 0 Å². The molecule has 0 aromatic rings. The van der Waals surface area contributed by atoms with Crippen molar-refractivity contribution in [3.05, 3.63) is 10.6 Å². The number of nitrogens with two attached hydrogens (primary N) is 1. The summed E-state index contributed by atoms with van der Waals surface area (Å²) in [6.07, 6.45) is 4.13. The summed E-state index contributed by atoms with van der Waals surface area (Å²) in [5, 5.41) is 9.17. The standard InChI is InChI=1S/C11H15N3O3S/c12-6-13-4-2-1-3-7-10(11(16)17)14-8(15)5-9(14)18-7/h6,9H,1-5H2,(H2,12,13)(H,16,17)/t9-/m0/s1. The molecule has 98 valence electrons. The largest absolute Gasteiger partial charge is 0.477 e. The number of amides is 1. The lowest BCUT2D eigenvalue weighted by Gasteiger charge is -2.33. The lowest BCUT2D eigenvalue weighted by Crippen LogP contribution is -2.48. The van der Waals surface area contributed by atoms with Gasteiger partial charge in [-0.25, -0.2) is 4.79 Å². The third-order valence-electron chi connectivity index (χ3n) is 2.94. The molecule has 2 aliphatic heterocycles. The zero-order chi connectivity index (χ0) is 13.1. The molecule has 1 fully saturated rings. The summed E-state index contributed by atoms with van der Waals surface area (Å²) in [7, 11) is 0. The Balaban J connectivity index is 1.94. The predicted molar refractivity (Wildman–Crippen MR) is 68.9 cm³/mol. The number of carbonyl (C=O) groups excluding carboxylic acids is 1. The van der Waals surface area contributed by atoms with Gasteiger partial charge in [-0.1, -0.05) is 0 Å². The highest BCUT2D eigenvalue weighted by Gasteiger charge is 2.47. The summed E-state index contributed by atoms with van der Waals surface area (Å²) in [6, 6.07) is 0. The molecule has 0 radical (unpaired) electrons. The van der Waals surface area contributed by atoms with Crippen LogP contribution in [0.2, 0.25) is 0 Å². The summed E-state index contributed by atoms with van der Waals surface area (Å²) in [6.45, 7) is 0.656. The molecular weight excluding hydrogens is 254 g/mol. The number of allylic oxidation sites excluding steroid dienone is 1. The number of nitrogens with zero attached hydrogens (tertiary/aromatic N) is 2. The van der Waals surface area contributed by atoms with Crippen molar-refractivity contribution in [1.29, 1.82) is 0 Å². The molecule has 0 aliphatic carbocycles. The molecule has 2 aliphatic rings. The molecule has 0 saturated carbocycles. The number of rotatable bonds is 6. The van der Waals surface area contributed by atoms with E-state index >= 15 is 0 Å². The zero-order valence-electron chi connectivity index (χ0n) is 9.83. The molecule has 7 heteroatoms. The second-order valence-electron chi connectivity index (χ2n) is 4.13. The van der Waals surface area contributed by atoms with Crippen molar-refractivity contribution in [2.75, 3.05) is 6.54 Å². The van der Waals surface area contributed by atoms with Gasteiger partial charge in [0.2, 0.25) is 5.91 Å². The molecular formula is C11H15N3O3S. The molecule has 1 atom stereocenters. The van der Waals surface area contributed by atoms with E-state index in [9.17, 15) is 9.59 Å². The monoisotopic (exact) mass is 269 g/mol. The normalized spacial score (nSPS) is 22.6. The smallest absolute Gasteiger partial charge is 0.353 e. The van der Waals surface area contributed by atoms with Crippen LogP contribution < -0.4 is 5.73 Å². The van der Waals surface area contributed by atoms with Gasteiger partial charge in [0.25, 0.3) is 0 Å². The molecule has 3 N–H and O–H groups in total. The van der Waals surface area contributed by atoms with Gasteiger partial charge in [0, 0.05) is 11.4 Å². The van der Waals surface area contributed by atoms with Gasteiger partial charge in [-0.05, 0) is 19.3 Å². The Labute approximate surface area is 109 Å². The van der Waals surface area contributed by atoms with Crippen LogP contribution in [0.25, 0.3) is 0 Å². The first-order chi connectivity index (χ1) is 8.65. The number of fused-ring (bicyclic) bond motifs is 1. The first kappa shape index (κ1) is 12.9. The first-order valence-corrected chi connectivity index (χ1v) is 6.68. The Hall–Kier alpha value is -1.50. The van der Waals surface area contributed by atoms with E-state index in [0.717, 1.165) is 17.7 Å². The minimum Gasteiger partial charge on any atom is -0.477 e. The molecule has 1 saturated heterocycles. The fourth-order valence-corrected chi connectivity index (χ4v) is 3.51. The Morgan fingerprint density at radius 2 is 2.39 bits per heavy atom. The van der Waals surface area contributed by atoms with E-state index < -0.39 is 5.97 Å². The minimum atomic E-state index is -1.01. The quantitative estimate of drug-likeness (QED) is 0.321. The van der Waals surface area contributed by atoms with Crippen molar-refractivity contribution in [3.63, 3.8) is 0 Å². The summed E-state index contributed by atoms with van der Waals surface area (Å²) in [4.78, 5) is 28.7. The predicted octanol–water partition coefficient (Wildman–Crippen LogP) is 0.745. The number of hydrogen-bond acceptors (Lipinski definition) is 4. The van der Waals surface area contributed by atoms with E-state index in [-0.39, 0.29) is 17.0 Å². The molecule has 6 nitrogen and oxygen atoms in total. The van der Waals surface area contributed by atoms with Gasteiger partial charge in [-0.2, -0.15) is 0 Å². The SMILES string of the molecule is NC=NCCCCC1=C(C(=O)O)N2C(=O)C[C@@H]2S1. The van der Waals surface area contributed by atoms with Crippen molar-refractivity contribution in [2.45, 2.75) is 31.1 Å². The summed E-state index contributed by atoms with van der Waals surface area (Å²) in [5.41, 5.74) is 5.31. The van der Waals surface area contributed by atoms with Crippen LogP contribution in [-0.2, 0) is 9.59 Å². The number of carbonyl (C=O) groups is 2. The van der Waals surface area contributed by atoms with E-state index in [2.05, 4.69) is 4.99 Å². The molecule has 0 bridgehead atoms. The second kappa shape index (κ2) is 5.43. The van der Waals surface area contributed by atoms with Gasteiger partial charge in [-0.3, -0.25) is 14.7 Å². The van der Waals surface area contributed by atoms with E-state index in [1.165, 1.54) is 23.0 Å². The molecule has 0 aromatic heterocycles. The number of aliphatic carboxylic acids is 1. The maximum atomic E-state index is 11.4. The Bertz CT molecular complexity index is 433. The van der Waals surface area contributed by atoms with Crippen LogP contribution in [0.1, 0.15) is 25.7 Å². The summed E-state index contributed by atoms with van der Waals surface area (Å²) >= 11 is 1.51. The zero-order valence-corrected chi connectivity index (χ0v) is 10.7. The molecule has 0 spiro atoms. The maximum Gasteiger partial charge on any atom is 0.353 e. The van der Waals surface area contributed by atoms with Gasteiger partial charge in [-0.15, -0.1) is 11.8 Å². The third kappa shape index (κ3) is 2.35. The number of unbranched alkanes of at least 4 members (excludes halogenated alkanes) is 1. The lowest BCUT2D eigenvalue weighted by molar-refractivity contribution is -0.145. The average Bonchev–Trinajstić information content (AvgIpc) is 2.62. The van der Waals surface area contributed by atoms with Crippen LogP contribution in [0.5, 0.6) is 0 Å². The maximum absolute atomic E-state index is 11.4. The molecule has 18 heavy (non-hydrogen) atoms. The Morgan fingerprint density at radius 3 is 3.00 bits per heavy atom. The molecule has 1 amide bonds. The number of carboxylic acids is 1. The molecule has 2 rings (SSSR count). The topological polar surface area (TPSA) is 96.0 Å². The highest BCUT2D eigenvalue weighted by Crippen LogP contribution is 2.47. The van der Waals surface area contributed by atoms with Crippen molar-refractivity contribution >= 4 is 30.0 Å². The Kier molecular flexibility index (Phi) is 3.90. The molecule has 0 unspecified atom stereocenters.